The first-order valence-corrected chi connectivity index (χ1v) is 9.18. The molecule has 3 N–H and O–H groups in total. The molecule has 0 aliphatic heterocycles. The van der Waals surface area contributed by atoms with Crippen molar-refractivity contribution in [3.05, 3.63) is 65.2 Å². The summed E-state index contributed by atoms with van der Waals surface area (Å²) in [6.07, 6.45) is 0. The number of nitrogens with zero attached hydrogens (tertiary/aromatic N) is 2. The summed E-state index contributed by atoms with van der Waals surface area (Å²) >= 11 is 1.41. The molecule has 2 aromatic carbocycles. The number of aromatic nitrogens is 2. The van der Waals surface area contributed by atoms with Crippen molar-refractivity contribution in [1.29, 1.82) is 0 Å². The van der Waals surface area contributed by atoms with E-state index in [9.17, 15) is 4.79 Å². The number of methoxy groups -OCH3 is 1. The summed E-state index contributed by atoms with van der Waals surface area (Å²) in [6.45, 7) is 1.94. The summed E-state index contributed by atoms with van der Waals surface area (Å²) in [5.41, 5.74) is 8.77. The van der Waals surface area contributed by atoms with Crippen molar-refractivity contribution in [1.82, 2.24) is 9.78 Å². The molecule has 0 saturated heterocycles. The van der Waals surface area contributed by atoms with Crippen molar-refractivity contribution in [2.45, 2.75) is 6.92 Å². The average molecular weight is 378 g/mol. The van der Waals surface area contributed by atoms with E-state index in [4.69, 9.17) is 10.5 Å². The van der Waals surface area contributed by atoms with Gasteiger partial charge in [0, 0.05) is 17.1 Å². The van der Waals surface area contributed by atoms with Crippen LogP contribution in [0.4, 0.5) is 11.4 Å². The highest BCUT2D eigenvalue weighted by Crippen LogP contribution is 2.32. The molecular weight excluding hydrogens is 360 g/mol. The second kappa shape index (κ2) is 6.77. The topological polar surface area (TPSA) is 82.2 Å². The average Bonchev–Trinajstić information content (AvgIpc) is 3.24. The van der Waals surface area contributed by atoms with Crippen molar-refractivity contribution in [3.63, 3.8) is 0 Å². The molecule has 0 radical (unpaired) electrons. The third-order valence-electron chi connectivity index (χ3n) is 4.24. The molecule has 1 amide bonds. The number of carbonyl (C=O) groups excluding carboxylic acids is 1. The standard InChI is InChI=1S/C20H18N4O2S/c1-12-15-11-18(19(25)22-16-9-8-13(21)10-17(16)26-2)27-20(15)24(23-12)14-6-4-3-5-7-14/h3-11H,21H2,1-2H3,(H,22,25). The van der Waals surface area contributed by atoms with Gasteiger partial charge in [0.15, 0.2) is 0 Å². The number of carbonyl (C=O) groups is 1. The fourth-order valence-corrected chi connectivity index (χ4v) is 3.98. The molecule has 0 unspecified atom stereocenters. The van der Waals surface area contributed by atoms with Crippen LogP contribution in [0, 0.1) is 6.92 Å². The van der Waals surface area contributed by atoms with Crippen LogP contribution < -0.4 is 15.8 Å². The molecule has 0 fully saturated rings. The first-order valence-electron chi connectivity index (χ1n) is 8.36. The Morgan fingerprint density at radius 2 is 1.96 bits per heavy atom. The second-order valence-electron chi connectivity index (χ2n) is 6.08. The number of nitrogens with one attached hydrogen (secondary N) is 1. The Hall–Kier alpha value is -3.32. The number of thiophene rings is 1. The highest BCUT2D eigenvalue weighted by atomic mass is 32.1. The van der Waals surface area contributed by atoms with E-state index in [1.807, 2.05) is 48.0 Å². The second-order valence-corrected chi connectivity index (χ2v) is 7.11. The lowest BCUT2D eigenvalue weighted by Crippen LogP contribution is -2.11. The summed E-state index contributed by atoms with van der Waals surface area (Å²) in [7, 11) is 1.54. The van der Waals surface area contributed by atoms with Crippen LogP contribution in [0.3, 0.4) is 0 Å². The largest absolute Gasteiger partial charge is 0.494 e. The number of rotatable bonds is 4. The number of aryl methyl sites for hydroxylation is 1. The van der Waals surface area contributed by atoms with Crippen molar-refractivity contribution < 1.29 is 9.53 Å². The zero-order valence-corrected chi connectivity index (χ0v) is 15.7. The normalized spacial score (nSPS) is 10.9. The number of nitrogens with two attached hydrogens (primary N) is 1. The number of para-hydroxylation sites is 1. The number of hydrogen-bond acceptors (Lipinski definition) is 5. The van der Waals surface area contributed by atoms with Gasteiger partial charge in [-0.15, -0.1) is 11.3 Å². The third kappa shape index (κ3) is 3.13. The number of ether oxygens (including phenoxy) is 1. The van der Waals surface area contributed by atoms with E-state index in [2.05, 4.69) is 10.4 Å². The molecule has 4 aromatic rings. The van der Waals surface area contributed by atoms with Gasteiger partial charge in [-0.05, 0) is 37.3 Å². The SMILES string of the molecule is COc1cc(N)ccc1NC(=O)c1cc2c(C)nn(-c3ccccc3)c2s1. The van der Waals surface area contributed by atoms with Gasteiger partial charge in [-0.3, -0.25) is 4.79 Å². The summed E-state index contributed by atoms with van der Waals surface area (Å²) < 4.78 is 7.17. The Balaban J connectivity index is 1.70. The maximum atomic E-state index is 12.8. The Morgan fingerprint density at radius 3 is 2.70 bits per heavy atom. The molecular formula is C20H18N4O2S. The first-order chi connectivity index (χ1) is 13.1. The zero-order valence-electron chi connectivity index (χ0n) is 14.9. The van der Waals surface area contributed by atoms with E-state index >= 15 is 0 Å². The molecule has 6 nitrogen and oxygen atoms in total. The fraction of sp³-hybridized carbons (Fsp3) is 0.100. The molecule has 0 aliphatic rings. The van der Waals surface area contributed by atoms with E-state index < -0.39 is 0 Å². The minimum Gasteiger partial charge on any atom is -0.494 e. The quantitative estimate of drug-likeness (QED) is 0.521. The minimum atomic E-state index is -0.196. The molecule has 27 heavy (non-hydrogen) atoms. The number of hydrogen-bond donors (Lipinski definition) is 2. The van der Waals surface area contributed by atoms with Crippen LogP contribution in [-0.4, -0.2) is 22.8 Å². The van der Waals surface area contributed by atoms with Gasteiger partial charge in [0.1, 0.15) is 10.6 Å². The van der Waals surface area contributed by atoms with Crippen LogP contribution in [0.2, 0.25) is 0 Å². The van der Waals surface area contributed by atoms with Crippen molar-refractivity contribution in [3.8, 4) is 11.4 Å². The van der Waals surface area contributed by atoms with Crippen LogP contribution in [-0.2, 0) is 0 Å². The lowest BCUT2D eigenvalue weighted by Gasteiger charge is -2.10. The van der Waals surface area contributed by atoms with Gasteiger partial charge in [-0.1, -0.05) is 18.2 Å². The van der Waals surface area contributed by atoms with Crippen LogP contribution in [0.25, 0.3) is 15.9 Å². The maximum absolute atomic E-state index is 12.8. The lowest BCUT2D eigenvalue weighted by atomic mass is 10.2. The van der Waals surface area contributed by atoms with Crippen LogP contribution in [0.1, 0.15) is 15.4 Å². The molecule has 2 aromatic heterocycles. The fourth-order valence-electron chi connectivity index (χ4n) is 2.90. The zero-order chi connectivity index (χ0) is 19.0. The highest BCUT2D eigenvalue weighted by molar-refractivity contribution is 7.20. The molecule has 0 saturated carbocycles. The number of benzene rings is 2. The van der Waals surface area contributed by atoms with E-state index in [1.165, 1.54) is 11.3 Å². The Bertz CT molecular complexity index is 1130. The molecule has 0 aliphatic carbocycles. The van der Waals surface area contributed by atoms with Crippen LogP contribution in [0.5, 0.6) is 5.75 Å². The lowest BCUT2D eigenvalue weighted by molar-refractivity contribution is 0.103. The van der Waals surface area contributed by atoms with Crippen molar-refractivity contribution >= 4 is 38.8 Å². The predicted molar refractivity (Wildman–Crippen MR) is 109 cm³/mol. The molecule has 7 heteroatoms. The third-order valence-corrected chi connectivity index (χ3v) is 5.35. The van der Waals surface area contributed by atoms with Crippen molar-refractivity contribution in [2.24, 2.45) is 0 Å². The number of anilines is 2. The smallest absolute Gasteiger partial charge is 0.265 e. The Morgan fingerprint density at radius 1 is 1.19 bits per heavy atom. The molecule has 0 bridgehead atoms. The van der Waals surface area contributed by atoms with Gasteiger partial charge < -0.3 is 15.8 Å². The number of nitrogen functional groups attached to an aromatic ring is 1. The van der Waals surface area contributed by atoms with E-state index in [1.54, 1.807) is 25.3 Å². The van der Waals surface area contributed by atoms with Crippen LogP contribution in [0.15, 0.2) is 54.6 Å². The number of amides is 1. The van der Waals surface area contributed by atoms with E-state index in [0.29, 0.717) is 22.0 Å². The monoisotopic (exact) mass is 378 g/mol. The summed E-state index contributed by atoms with van der Waals surface area (Å²) in [5, 5.41) is 8.47. The van der Waals surface area contributed by atoms with Gasteiger partial charge in [-0.2, -0.15) is 5.10 Å². The summed E-state index contributed by atoms with van der Waals surface area (Å²) in [6, 6.07) is 16.9. The van der Waals surface area contributed by atoms with Crippen molar-refractivity contribution in [2.75, 3.05) is 18.2 Å². The van der Waals surface area contributed by atoms with E-state index in [-0.39, 0.29) is 5.91 Å². The molecule has 2 heterocycles. The van der Waals surface area contributed by atoms with Crippen LogP contribution >= 0.6 is 11.3 Å². The van der Waals surface area contributed by atoms with E-state index in [0.717, 1.165) is 21.6 Å². The highest BCUT2D eigenvalue weighted by Gasteiger charge is 2.18. The maximum Gasteiger partial charge on any atom is 0.265 e. The van der Waals surface area contributed by atoms with Gasteiger partial charge in [0.25, 0.3) is 5.91 Å². The van der Waals surface area contributed by atoms with Gasteiger partial charge >= 0.3 is 0 Å². The number of fused-ring (bicyclic) bond motifs is 1. The summed E-state index contributed by atoms with van der Waals surface area (Å²) in [5.74, 6) is 0.328. The molecule has 136 valence electrons. The van der Waals surface area contributed by atoms with Gasteiger partial charge in [-0.25, -0.2) is 4.68 Å². The minimum absolute atomic E-state index is 0.196. The van der Waals surface area contributed by atoms with Gasteiger partial charge in [0.2, 0.25) is 0 Å². The molecule has 4 rings (SSSR count). The summed E-state index contributed by atoms with van der Waals surface area (Å²) in [4.78, 5) is 14.3. The Kier molecular flexibility index (Phi) is 4.29. The Labute approximate surface area is 160 Å². The first kappa shape index (κ1) is 17.1. The van der Waals surface area contributed by atoms with Gasteiger partial charge in [0.05, 0.1) is 29.1 Å². The predicted octanol–water partition coefficient (Wildman–Crippen LogP) is 4.24. The molecule has 0 spiro atoms. The molecule has 0 atom stereocenters.